The van der Waals surface area contributed by atoms with E-state index in [-0.39, 0.29) is 5.91 Å². The molecule has 8 nitrogen and oxygen atoms in total. The lowest BCUT2D eigenvalue weighted by Crippen LogP contribution is -2.17. The molecule has 2 rings (SSSR count). The summed E-state index contributed by atoms with van der Waals surface area (Å²) in [6, 6.07) is 11.3. The van der Waals surface area contributed by atoms with Gasteiger partial charge < -0.3 is 15.2 Å². The molecule has 0 saturated carbocycles. The third-order valence-corrected chi connectivity index (χ3v) is 3.77. The van der Waals surface area contributed by atoms with Gasteiger partial charge in [0.15, 0.2) is 6.61 Å². The van der Waals surface area contributed by atoms with Crippen LogP contribution in [0.15, 0.2) is 52.0 Å². The Hall–Kier alpha value is -3.20. The monoisotopic (exact) mass is 433 g/mol. The first kappa shape index (κ1) is 20.1. The van der Waals surface area contributed by atoms with Crippen LogP contribution in [0.2, 0.25) is 0 Å². The van der Waals surface area contributed by atoms with Crippen LogP contribution in [0.4, 0.5) is 5.69 Å². The van der Waals surface area contributed by atoms with Crippen LogP contribution in [0.3, 0.4) is 0 Å². The van der Waals surface area contributed by atoms with Crippen molar-refractivity contribution >= 4 is 45.6 Å². The van der Waals surface area contributed by atoms with E-state index < -0.39 is 18.5 Å². The molecule has 0 fully saturated rings. The molecule has 0 heterocycles. The molecule has 3 N–H and O–H groups in total. The van der Waals surface area contributed by atoms with Crippen molar-refractivity contribution in [3.63, 3.8) is 0 Å². The number of ether oxygens (including phenoxy) is 1. The predicted molar refractivity (Wildman–Crippen MR) is 103 cm³/mol. The average Bonchev–Trinajstić information content (AvgIpc) is 2.61. The minimum Gasteiger partial charge on any atom is -0.481 e. The Labute approximate surface area is 163 Å². The van der Waals surface area contributed by atoms with Gasteiger partial charge in [0.25, 0.3) is 5.91 Å². The smallest absolute Gasteiger partial charge is 0.341 e. The summed E-state index contributed by atoms with van der Waals surface area (Å²) < 4.78 is 5.66. The van der Waals surface area contributed by atoms with E-state index in [0.29, 0.717) is 27.0 Å². The number of aliphatic carboxylic acids is 1. The van der Waals surface area contributed by atoms with Crippen molar-refractivity contribution in [2.75, 3.05) is 11.9 Å². The summed E-state index contributed by atoms with van der Waals surface area (Å²) >= 11 is 3.28. The highest BCUT2D eigenvalue weighted by atomic mass is 79.9. The zero-order chi connectivity index (χ0) is 19.8. The van der Waals surface area contributed by atoms with E-state index in [9.17, 15) is 14.4 Å². The predicted octanol–water partition coefficient (Wildman–Crippen LogP) is 2.63. The second-order valence-corrected chi connectivity index (χ2v) is 6.18. The molecule has 2 amide bonds. The molecule has 140 valence electrons. The van der Waals surface area contributed by atoms with E-state index in [2.05, 4.69) is 31.8 Å². The number of hydrogen-bond donors (Lipinski definition) is 3. The SMILES string of the molecule is CC(=O)Nc1ccc(C(=O)NN=Cc2ccc(OCC(=O)O)c(Br)c2)cc1. The number of carboxylic acid groups (broad SMARTS) is 1. The number of carboxylic acids is 1. The largest absolute Gasteiger partial charge is 0.481 e. The molecule has 0 bridgehead atoms. The highest BCUT2D eigenvalue weighted by Gasteiger charge is 2.06. The molecule has 0 aliphatic carbocycles. The van der Waals surface area contributed by atoms with Crippen LogP contribution in [0, 0.1) is 0 Å². The molecule has 0 aliphatic heterocycles. The Morgan fingerprint density at radius 3 is 2.48 bits per heavy atom. The molecular formula is C18H16BrN3O5. The van der Waals surface area contributed by atoms with Crippen molar-refractivity contribution in [2.24, 2.45) is 5.10 Å². The number of benzene rings is 2. The molecule has 27 heavy (non-hydrogen) atoms. The van der Waals surface area contributed by atoms with E-state index in [1.807, 2.05) is 0 Å². The highest BCUT2D eigenvalue weighted by molar-refractivity contribution is 9.10. The van der Waals surface area contributed by atoms with Gasteiger partial charge >= 0.3 is 5.97 Å². The summed E-state index contributed by atoms with van der Waals surface area (Å²) in [6.45, 7) is 0.960. The molecule has 0 aliphatic rings. The first-order valence-corrected chi connectivity index (χ1v) is 8.49. The van der Waals surface area contributed by atoms with Crippen LogP contribution in [0.5, 0.6) is 5.75 Å². The summed E-state index contributed by atoms with van der Waals surface area (Å²) in [4.78, 5) is 33.5. The topological polar surface area (TPSA) is 117 Å². The fourth-order valence-corrected chi connectivity index (χ4v) is 2.50. The first-order chi connectivity index (χ1) is 12.8. The van der Waals surface area contributed by atoms with E-state index in [4.69, 9.17) is 9.84 Å². The Balaban J connectivity index is 1.94. The Morgan fingerprint density at radius 1 is 1.19 bits per heavy atom. The third kappa shape index (κ3) is 6.55. The van der Waals surface area contributed by atoms with Crippen molar-refractivity contribution in [3.8, 4) is 5.75 Å². The molecule has 0 spiro atoms. The van der Waals surface area contributed by atoms with Crippen LogP contribution in [-0.2, 0) is 9.59 Å². The fraction of sp³-hybridized carbons (Fsp3) is 0.111. The number of anilines is 1. The second kappa shape index (κ2) is 9.48. The minimum absolute atomic E-state index is 0.192. The zero-order valence-electron chi connectivity index (χ0n) is 14.2. The lowest BCUT2D eigenvalue weighted by molar-refractivity contribution is -0.139. The highest BCUT2D eigenvalue weighted by Crippen LogP contribution is 2.25. The van der Waals surface area contributed by atoms with Crippen LogP contribution in [-0.4, -0.2) is 35.7 Å². The number of hydrazone groups is 1. The number of nitrogens with zero attached hydrogens (tertiary/aromatic N) is 1. The normalized spacial score (nSPS) is 10.4. The summed E-state index contributed by atoms with van der Waals surface area (Å²) in [5.74, 6) is -1.28. The number of halogens is 1. The quantitative estimate of drug-likeness (QED) is 0.458. The zero-order valence-corrected chi connectivity index (χ0v) is 15.8. The van der Waals surface area contributed by atoms with Gasteiger partial charge in [0.05, 0.1) is 10.7 Å². The summed E-state index contributed by atoms with van der Waals surface area (Å²) in [5.41, 5.74) is 4.06. The number of rotatable bonds is 7. The Morgan fingerprint density at radius 2 is 1.89 bits per heavy atom. The Bertz CT molecular complexity index is 881. The van der Waals surface area contributed by atoms with E-state index in [0.717, 1.165) is 0 Å². The number of carbonyl (C=O) groups excluding carboxylic acids is 2. The first-order valence-electron chi connectivity index (χ1n) is 7.70. The number of nitrogens with one attached hydrogen (secondary N) is 2. The van der Waals surface area contributed by atoms with Crippen molar-refractivity contribution in [2.45, 2.75) is 6.92 Å². The molecule has 0 radical (unpaired) electrons. The van der Waals surface area contributed by atoms with Gasteiger partial charge in [-0.2, -0.15) is 5.10 Å². The molecule has 0 atom stereocenters. The molecule has 0 unspecified atom stereocenters. The van der Waals surface area contributed by atoms with Gasteiger partial charge in [0.2, 0.25) is 5.91 Å². The number of carbonyl (C=O) groups is 3. The maximum Gasteiger partial charge on any atom is 0.341 e. The van der Waals surface area contributed by atoms with Gasteiger partial charge in [-0.15, -0.1) is 0 Å². The van der Waals surface area contributed by atoms with Crippen LogP contribution < -0.4 is 15.5 Å². The molecular weight excluding hydrogens is 418 g/mol. The Kier molecular flexibility index (Phi) is 7.07. The van der Waals surface area contributed by atoms with Gasteiger partial charge in [-0.1, -0.05) is 0 Å². The van der Waals surface area contributed by atoms with Crippen molar-refractivity contribution in [1.82, 2.24) is 5.43 Å². The van der Waals surface area contributed by atoms with E-state index in [1.165, 1.54) is 13.1 Å². The van der Waals surface area contributed by atoms with Crippen molar-refractivity contribution in [1.29, 1.82) is 0 Å². The summed E-state index contributed by atoms with van der Waals surface area (Å²) in [6.07, 6.45) is 1.44. The number of amides is 2. The standard InChI is InChI=1S/C18H16BrN3O5/c1-11(23)21-14-5-3-13(4-6-14)18(26)22-20-9-12-2-7-16(15(19)8-12)27-10-17(24)25/h2-9H,10H2,1H3,(H,21,23)(H,22,26)(H,24,25). The second-order valence-electron chi connectivity index (χ2n) is 5.33. The van der Waals surface area contributed by atoms with Gasteiger partial charge in [-0.3, -0.25) is 9.59 Å². The van der Waals surface area contributed by atoms with Crippen molar-refractivity contribution in [3.05, 3.63) is 58.1 Å². The van der Waals surface area contributed by atoms with Crippen LogP contribution in [0.25, 0.3) is 0 Å². The number of hydrogen-bond acceptors (Lipinski definition) is 5. The molecule has 2 aromatic rings. The van der Waals surface area contributed by atoms with E-state index in [1.54, 1.807) is 42.5 Å². The van der Waals surface area contributed by atoms with Gasteiger partial charge in [-0.25, -0.2) is 10.2 Å². The maximum atomic E-state index is 12.0. The lowest BCUT2D eigenvalue weighted by atomic mass is 10.2. The molecule has 9 heteroatoms. The summed E-state index contributed by atoms with van der Waals surface area (Å²) in [7, 11) is 0. The van der Waals surface area contributed by atoms with Gasteiger partial charge in [-0.05, 0) is 64.0 Å². The molecule has 0 saturated heterocycles. The fourth-order valence-electron chi connectivity index (χ4n) is 1.99. The average molecular weight is 434 g/mol. The lowest BCUT2D eigenvalue weighted by Gasteiger charge is -2.06. The third-order valence-electron chi connectivity index (χ3n) is 3.15. The van der Waals surface area contributed by atoms with Crippen LogP contribution in [0.1, 0.15) is 22.8 Å². The van der Waals surface area contributed by atoms with Gasteiger partial charge in [0, 0.05) is 18.2 Å². The molecule has 0 aromatic heterocycles. The minimum atomic E-state index is -1.07. The summed E-state index contributed by atoms with van der Waals surface area (Å²) in [5, 5.41) is 15.1. The van der Waals surface area contributed by atoms with Crippen LogP contribution >= 0.6 is 15.9 Å². The maximum absolute atomic E-state index is 12.0. The van der Waals surface area contributed by atoms with E-state index >= 15 is 0 Å². The van der Waals surface area contributed by atoms with Gasteiger partial charge in [0.1, 0.15) is 5.75 Å². The molecule has 2 aromatic carbocycles. The van der Waals surface area contributed by atoms with Crippen molar-refractivity contribution < 1.29 is 24.2 Å².